The minimum atomic E-state index is -1.59. The summed E-state index contributed by atoms with van der Waals surface area (Å²) < 4.78 is 0. The molecule has 0 unspecified atom stereocenters. The Morgan fingerprint density at radius 2 is 1.58 bits per heavy atom. The number of benzene rings is 1. The molecule has 0 saturated carbocycles. The van der Waals surface area contributed by atoms with Gasteiger partial charge in [-0.15, -0.1) is 0 Å². The molecule has 1 aliphatic carbocycles. The molecule has 2 rings (SSSR count). The van der Waals surface area contributed by atoms with Crippen molar-refractivity contribution in [3.05, 3.63) is 53.2 Å². The molecule has 1 aromatic rings. The average Bonchev–Trinajstić information content (AvgIpc) is 2.33. The molecule has 0 aromatic heterocycles. The lowest BCUT2D eigenvalue weighted by molar-refractivity contribution is 0.727. The molecule has 2 heteroatoms. The largest absolute Gasteiger partial charge is 0.0897 e. The van der Waals surface area contributed by atoms with E-state index in [1.807, 2.05) is 0 Å². The van der Waals surface area contributed by atoms with Crippen LogP contribution in [0.5, 0.6) is 0 Å². The van der Waals surface area contributed by atoms with E-state index in [0.29, 0.717) is 5.04 Å². The molecular weight excluding hydrogens is 264 g/mol. The second kappa shape index (κ2) is 4.53. The van der Waals surface area contributed by atoms with Gasteiger partial charge < -0.3 is 0 Å². The van der Waals surface area contributed by atoms with Crippen LogP contribution in [0.25, 0.3) is 5.57 Å². The van der Waals surface area contributed by atoms with Gasteiger partial charge in [-0.05, 0) is 26.9 Å². The van der Waals surface area contributed by atoms with Crippen LogP contribution in [0.15, 0.2) is 47.7 Å². The van der Waals surface area contributed by atoms with Crippen molar-refractivity contribution in [3.8, 4) is 0 Å². The molecule has 100 valence electrons. The van der Waals surface area contributed by atoms with Gasteiger partial charge in [0.15, 0.2) is 0 Å². The summed E-state index contributed by atoms with van der Waals surface area (Å²) in [4.78, 5) is 1.02. The van der Waals surface area contributed by atoms with Gasteiger partial charge in [0.1, 0.15) is 0 Å². The van der Waals surface area contributed by atoms with E-state index < -0.39 is 8.07 Å². The van der Waals surface area contributed by atoms with E-state index in [2.05, 4.69) is 70.8 Å². The molecule has 0 N–H and O–H groups in total. The van der Waals surface area contributed by atoms with E-state index in [0.717, 1.165) is 10.4 Å². The Bertz CT molecular complexity index is 571. The second-order valence-electron chi connectivity index (χ2n) is 6.80. The molecular formula is C17H22SSi. The number of rotatable bonds is 2. The van der Waals surface area contributed by atoms with Crippen molar-refractivity contribution in [3.63, 3.8) is 0 Å². The molecule has 0 nitrogen and oxygen atoms in total. The van der Waals surface area contributed by atoms with Crippen LogP contribution in [-0.4, -0.2) is 12.9 Å². The normalized spacial score (nSPS) is 16.7. The van der Waals surface area contributed by atoms with Crippen LogP contribution in [0.4, 0.5) is 0 Å². The molecule has 0 radical (unpaired) electrons. The van der Waals surface area contributed by atoms with E-state index in [-0.39, 0.29) is 0 Å². The first-order valence-corrected chi connectivity index (χ1v) is 10.1. The van der Waals surface area contributed by atoms with Crippen molar-refractivity contribution < 1.29 is 0 Å². The first-order chi connectivity index (χ1) is 8.68. The van der Waals surface area contributed by atoms with Crippen molar-refractivity contribution in [1.29, 1.82) is 0 Å². The van der Waals surface area contributed by atoms with Gasteiger partial charge >= 0.3 is 0 Å². The zero-order valence-corrected chi connectivity index (χ0v) is 14.3. The molecule has 0 spiro atoms. The van der Waals surface area contributed by atoms with Crippen molar-refractivity contribution in [2.45, 2.75) is 38.9 Å². The van der Waals surface area contributed by atoms with Crippen LogP contribution in [0, 0.1) is 0 Å². The maximum atomic E-state index is 5.60. The highest BCUT2D eigenvalue weighted by Gasteiger charge is 2.46. The highest BCUT2D eigenvalue weighted by atomic mass is 32.1. The van der Waals surface area contributed by atoms with Gasteiger partial charge in [0.05, 0.1) is 8.07 Å². The Morgan fingerprint density at radius 1 is 1.05 bits per heavy atom. The van der Waals surface area contributed by atoms with E-state index in [1.165, 1.54) is 16.3 Å². The van der Waals surface area contributed by atoms with Crippen LogP contribution in [0.3, 0.4) is 0 Å². The van der Waals surface area contributed by atoms with Gasteiger partial charge in [-0.25, -0.2) is 0 Å². The summed E-state index contributed by atoms with van der Waals surface area (Å²) >= 11 is 5.60. The Balaban J connectivity index is 2.63. The fraction of sp³-hybridized carbons (Fsp3) is 0.353. The highest BCUT2D eigenvalue weighted by molar-refractivity contribution is 7.82. The minimum absolute atomic E-state index is 0.299. The monoisotopic (exact) mass is 286 g/mol. The van der Waals surface area contributed by atoms with Crippen molar-refractivity contribution >= 4 is 30.7 Å². The molecule has 0 saturated heterocycles. The van der Waals surface area contributed by atoms with Crippen LogP contribution in [-0.2, 0) is 0 Å². The lowest BCUT2D eigenvalue weighted by atomic mass is 9.86. The zero-order valence-electron chi connectivity index (χ0n) is 12.5. The summed E-state index contributed by atoms with van der Waals surface area (Å²) in [6.07, 6.45) is 0. The standard InChI is InChI=1S/C17H22SSi/c1-12-14(13-10-8-7-9-11-13)16(15(12)18)19(5,6)17(2,3)4/h7-11H,1H2,2-6H3. The maximum absolute atomic E-state index is 5.60. The predicted octanol–water partition coefficient (Wildman–Crippen LogP) is 5.43. The lowest BCUT2D eigenvalue weighted by Gasteiger charge is -2.45. The topological polar surface area (TPSA) is 0 Å². The first-order valence-electron chi connectivity index (χ1n) is 6.72. The van der Waals surface area contributed by atoms with E-state index in [4.69, 9.17) is 12.2 Å². The molecule has 0 bridgehead atoms. The molecule has 0 fully saturated rings. The Kier molecular flexibility index (Phi) is 3.44. The van der Waals surface area contributed by atoms with E-state index in [1.54, 1.807) is 0 Å². The third-order valence-corrected chi connectivity index (χ3v) is 10.7. The van der Waals surface area contributed by atoms with Crippen molar-refractivity contribution in [2.75, 3.05) is 0 Å². The number of thiocarbonyl (C=S) groups is 1. The number of hydrogen-bond donors (Lipinski definition) is 0. The quantitative estimate of drug-likeness (QED) is 0.397. The molecule has 1 aromatic carbocycles. The molecule has 0 heterocycles. The Morgan fingerprint density at radius 3 is 2.05 bits per heavy atom. The summed E-state index contributed by atoms with van der Waals surface area (Å²) in [5.41, 5.74) is 3.64. The third-order valence-electron chi connectivity index (χ3n) is 4.62. The number of allylic oxidation sites excluding steroid dienone is 3. The molecule has 0 aliphatic heterocycles. The Labute approximate surface area is 123 Å². The minimum Gasteiger partial charge on any atom is -0.0897 e. The van der Waals surface area contributed by atoms with Crippen molar-refractivity contribution in [2.24, 2.45) is 0 Å². The zero-order chi connectivity index (χ0) is 14.4. The lowest BCUT2D eigenvalue weighted by Crippen LogP contribution is -2.46. The van der Waals surface area contributed by atoms with Gasteiger partial charge in [-0.3, -0.25) is 0 Å². The smallest absolute Gasteiger partial charge is 0.0886 e. The van der Waals surface area contributed by atoms with Crippen LogP contribution in [0.1, 0.15) is 26.3 Å². The Hall–Kier alpha value is -0.993. The molecule has 0 atom stereocenters. The van der Waals surface area contributed by atoms with Crippen LogP contribution in [0.2, 0.25) is 18.1 Å². The number of hydrogen-bond acceptors (Lipinski definition) is 1. The second-order valence-corrected chi connectivity index (χ2v) is 12.5. The van der Waals surface area contributed by atoms with Gasteiger partial charge in [-0.1, -0.05) is 83.0 Å². The maximum Gasteiger partial charge on any atom is 0.0886 e. The van der Waals surface area contributed by atoms with E-state index >= 15 is 0 Å². The fourth-order valence-electron chi connectivity index (χ4n) is 2.36. The highest BCUT2D eigenvalue weighted by Crippen LogP contribution is 2.50. The summed E-state index contributed by atoms with van der Waals surface area (Å²) in [6.45, 7) is 16.0. The molecule has 19 heavy (non-hydrogen) atoms. The van der Waals surface area contributed by atoms with E-state index in [9.17, 15) is 0 Å². The van der Waals surface area contributed by atoms with Crippen LogP contribution >= 0.6 is 12.2 Å². The summed E-state index contributed by atoms with van der Waals surface area (Å²) in [5.74, 6) is 0. The van der Waals surface area contributed by atoms with Gasteiger partial charge in [0, 0.05) is 4.86 Å². The molecule has 1 aliphatic rings. The van der Waals surface area contributed by atoms with Crippen molar-refractivity contribution in [1.82, 2.24) is 0 Å². The summed E-state index contributed by atoms with van der Waals surface area (Å²) in [6, 6.07) is 10.5. The predicted molar refractivity (Wildman–Crippen MR) is 92.3 cm³/mol. The average molecular weight is 287 g/mol. The summed E-state index contributed by atoms with van der Waals surface area (Å²) in [5, 5.41) is 1.74. The third kappa shape index (κ3) is 2.17. The van der Waals surface area contributed by atoms with Gasteiger partial charge in [0.25, 0.3) is 0 Å². The van der Waals surface area contributed by atoms with Crippen LogP contribution < -0.4 is 0 Å². The van der Waals surface area contributed by atoms with Gasteiger partial charge in [0.2, 0.25) is 0 Å². The molecule has 0 amide bonds. The SMILES string of the molecule is C=C1C(=S)C([Si](C)(C)C(C)(C)C)=C1c1ccccc1. The van der Waals surface area contributed by atoms with Gasteiger partial charge in [-0.2, -0.15) is 0 Å². The first kappa shape index (κ1) is 14.4. The fourth-order valence-corrected chi connectivity index (χ4v) is 5.72. The summed E-state index contributed by atoms with van der Waals surface area (Å²) in [7, 11) is -1.59.